The first-order valence-corrected chi connectivity index (χ1v) is 10.0. The summed E-state index contributed by atoms with van der Waals surface area (Å²) in [6.07, 6.45) is 8.49. The van der Waals surface area contributed by atoms with Crippen LogP contribution in [0.4, 0.5) is 5.69 Å². The topological polar surface area (TPSA) is 21.7 Å². The summed E-state index contributed by atoms with van der Waals surface area (Å²) < 4.78 is 12.0. The molecule has 0 heterocycles. The Hall–Kier alpha value is -2.06. The summed E-state index contributed by atoms with van der Waals surface area (Å²) in [7, 11) is 1.69. The molecule has 2 rings (SSSR count). The first kappa shape index (κ1) is 21.2. The molecule has 0 bridgehead atoms. The minimum atomic E-state index is 0.671. The fraction of sp³-hybridized carbons (Fsp3) is 0.348. The van der Waals surface area contributed by atoms with Crippen LogP contribution in [0.3, 0.4) is 0 Å². The van der Waals surface area contributed by atoms with Crippen molar-refractivity contribution in [2.24, 2.45) is 0 Å². The van der Waals surface area contributed by atoms with Crippen LogP contribution < -0.4 is 14.4 Å². The number of unbranched alkanes of at least 4 members (excludes halogenated alkanes) is 2. The van der Waals surface area contributed by atoms with Gasteiger partial charge in [-0.05, 0) is 0 Å². The first-order chi connectivity index (χ1) is 13.2. The number of methoxy groups -OCH3 is 1. The molecular weight excluding hydrogens is 381 g/mol. The second-order valence-corrected chi connectivity index (χ2v) is 6.73. The van der Waals surface area contributed by atoms with Gasteiger partial charge in [-0.1, -0.05) is 0 Å². The van der Waals surface area contributed by atoms with E-state index in [-0.39, 0.29) is 0 Å². The Kier molecular flexibility index (Phi) is 9.14. The van der Waals surface area contributed by atoms with Gasteiger partial charge < -0.3 is 0 Å². The number of hydrogen-bond donors (Lipinski definition) is 0. The van der Waals surface area contributed by atoms with Crippen molar-refractivity contribution < 1.29 is 24.5 Å². The molecule has 0 aliphatic rings. The molecule has 0 saturated carbocycles. The number of hydrogen-bond acceptors (Lipinski definition) is 3. The van der Waals surface area contributed by atoms with E-state index in [1.807, 2.05) is 61.7 Å². The maximum atomic E-state index is 5.55. The van der Waals surface area contributed by atoms with Gasteiger partial charge in [-0.2, -0.15) is 0 Å². The Balaban J connectivity index is 2.24. The predicted octanol–water partition coefficient (Wildman–Crippen LogP) is 5.83. The van der Waals surface area contributed by atoms with E-state index < -0.39 is 0 Å². The van der Waals surface area contributed by atoms with E-state index in [1.165, 1.54) is 12.8 Å². The van der Waals surface area contributed by atoms with Gasteiger partial charge in [-0.25, -0.2) is 0 Å². The number of rotatable bonds is 11. The molecule has 2 aromatic carbocycles. The van der Waals surface area contributed by atoms with Crippen LogP contribution in [0.15, 0.2) is 54.7 Å². The third-order valence-electron chi connectivity index (χ3n) is 4.17. The van der Waals surface area contributed by atoms with E-state index in [0.29, 0.717) is 6.61 Å². The zero-order valence-electron chi connectivity index (χ0n) is 16.4. The first-order valence-electron chi connectivity index (χ1n) is 9.51. The Labute approximate surface area is 170 Å². The van der Waals surface area contributed by atoms with Crippen molar-refractivity contribution >= 4 is 16.4 Å². The molecule has 0 spiro atoms. The van der Waals surface area contributed by atoms with E-state index in [0.717, 1.165) is 40.2 Å². The van der Waals surface area contributed by atoms with Gasteiger partial charge in [0.2, 0.25) is 0 Å². The van der Waals surface area contributed by atoms with E-state index in [4.69, 9.17) is 24.5 Å². The van der Waals surface area contributed by atoms with Gasteiger partial charge in [-0.15, -0.1) is 0 Å². The van der Waals surface area contributed by atoms with Crippen molar-refractivity contribution in [3.8, 4) is 11.5 Å². The standard InChI is InChI=1S/C23H29NO2.Ni/c1-4-6-7-10-18-24(22-11-8-9-12-23(22)25-3)19-17-20-13-15-21(16-14-20)26-5-2;/h8-9,11-17,19H,4-7,10H2,1-3H3;. The van der Waals surface area contributed by atoms with Crippen molar-refractivity contribution in [1.29, 1.82) is 0 Å². The van der Waals surface area contributed by atoms with Crippen LogP contribution in [0.5, 0.6) is 11.5 Å². The molecule has 0 aliphatic heterocycles. The van der Waals surface area contributed by atoms with Crippen molar-refractivity contribution in [2.75, 3.05) is 18.6 Å². The maximum absolute atomic E-state index is 5.55. The van der Waals surface area contributed by atoms with E-state index in [9.17, 15) is 0 Å². The normalized spacial score (nSPS) is 10.9. The van der Waals surface area contributed by atoms with E-state index >= 15 is 0 Å². The molecule has 3 nitrogen and oxygen atoms in total. The molecule has 0 amide bonds. The number of ether oxygens (including phenoxy) is 2. The molecule has 0 N–H and O–H groups in total. The average Bonchev–Trinajstić information content (AvgIpc) is 2.70. The minimum absolute atomic E-state index is 0.671. The third-order valence-corrected chi connectivity index (χ3v) is 4.65. The molecule has 0 unspecified atom stereocenters. The molecule has 148 valence electrons. The van der Waals surface area contributed by atoms with Crippen LogP contribution in [0.25, 0.3) is 6.08 Å². The third kappa shape index (κ3) is 6.55. The van der Waals surface area contributed by atoms with Gasteiger partial charge >= 0.3 is 171 Å². The summed E-state index contributed by atoms with van der Waals surface area (Å²) in [5, 5.41) is 0. The van der Waals surface area contributed by atoms with Crippen LogP contribution in [-0.2, 0) is 15.0 Å². The summed E-state index contributed by atoms with van der Waals surface area (Å²) in [6, 6.07) is 16.1. The Morgan fingerprint density at radius 1 is 1.04 bits per heavy atom. The van der Waals surface area contributed by atoms with Gasteiger partial charge in [0.15, 0.2) is 0 Å². The molecule has 0 atom stereocenters. The number of benzene rings is 2. The van der Waals surface area contributed by atoms with Crippen LogP contribution in [0, 0.1) is 0 Å². The van der Waals surface area contributed by atoms with Gasteiger partial charge in [0.25, 0.3) is 0 Å². The molecule has 0 aliphatic carbocycles. The van der Waals surface area contributed by atoms with Crippen LogP contribution in [-0.4, -0.2) is 18.3 Å². The van der Waals surface area contributed by atoms with Gasteiger partial charge in [0, 0.05) is 0 Å². The summed E-state index contributed by atoms with van der Waals surface area (Å²) in [6.45, 7) is 4.86. The van der Waals surface area contributed by atoms with E-state index in [2.05, 4.69) is 17.9 Å². The van der Waals surface area contributed by atoms with Crippen molar-refractivity contribution in [2.45, 2.75) is 39.5 Å². The molecule has 0 radical (unpaired) electrons. The monoisotopic (exact) mass is 409 g/mol. The quantitative estimate of drug-likeness (QED) is 0.344. The molecular formula is C23H29NNiO2. The zero-order valence-corrected chi connectivity index (χ0v) is 17.4. The van der Waals surface area contributed by atoms with Gasteiger partial charge in [0.05, 0.1) is 0 Å². The van der Waals surface area contributed by atoms with Crippen LogP contribution in [0.2, 0.25) is 0 Å². The summed E-state index contributed by atoms with van der Waals surface area (Å²) in [5.41, 5.74) is 2.07. The zero-order chi connectivity index (χ0) is 19.5. The molecule has 0 fully saturated rings. The Bertz CT molecular complexity index is 740. The molecule has 0 aromatic heterocycles. The van der Waals surface area contributed by atoms with Gasteiger partial charge in [-0.3, -0.25) is 0 Å². The molecule has 4 heteroatoms. The average molecular weight is 410 g/mol. The summed E-state index contributed by atoms with van der Waals surface area (Å²) in [5.74, 6) is 1.70. The predicted molar refractivity (Wildman–Crippen MR) is 111 cm³/mol. The van der Waals surface area contributed by atoms with Crippen LogP contribution >= 0.6 is 0 Å². The second kappa shape index (κ2) is 11.6. The van der Waals surface area contributed by atoms with E-state index in [1.54, 1.807) is 7.11 Å². The second-order valence-electron chi connectivity index (χ2n) is 6.16. The van der Waals surface area contributed by atoms with Gasteiger partial charge in [0.1, 0.15) is 0 Å². The summed E-state index contributed by atoms with van der Waals surface area (Å²) in [4.78, 5) is 2.07. The fourth-order valence-corrected chi connectivity index (χ4v) is 3.11. The molecule has 2 aromatic rings. The Morgan fingerprint density at radius 3 is 2.44 bits per heavy atom. The van der Waals surface area contributed by atoms with Crippen LogP contribution in [0.1, 0.15) is 45.1 Å². The van der Waals surface area contributed by atoms with Crippen molar-refractivity contribution in [3.05, 3.63) is 60.3 Å². The molecule has 0 saturated heterocycles. The number of para-hydroxylation sites is 2. The Morgan fingerprint density at radius 2 is 1.78 bits per heavy atom. The van der Waals surface area contributed by atoms with Crippen molar-refractivity contribution in [1.82, 2.24) is 0 Å². The fourth-order valence-electron chi connectivity index (χ4n) is 2.74. The van der Waals surface area contributed by atoms with Crippen molar-refractivity contribution in [3.63, 3.8) is 0 Å². The number of nitrogens with zero attached hydrogens (tertiary/aromatic N) is 1. The number of anilines is 1. The summed E-state index contributed by atoms with van der Waals surface area (Å²) >= 11 is 5.39. The molecule has 27 heavy (non-hydrogen) atoms. The SMILES string of the molecule is CCCCC[C](=[Ni])N(C=Cc1ccc(OCC)cc1)c1ccccc1OC.